The molecular formula is C16H27N3O2. The number of aliphatic hydroxyl groups excluding tert-OH is 1. The first-order valence-corrected chi connectivity index (χ1v) is 7.52. The third kappa shape index (κ3) is 7.11. The number of benzene rings is 1. The van der Waals surface area contributed by atoms with Crippen molar-refractivity contribution in [3.63, 3.8) is 0 Å². The summed E-state index contributed by atoms with van der Waals surface area (Å²) in [4.78, 5) is 4.23. The van der Waals surface area contributed by atoms with Gasteiger partial charge in [-0.15, -0.1) is 0 Å². The maximum Gasteiger partial charge on any atom is 0.193 e. The lowest BCUT2D eigenvalue weighted by atomic mass is 9.99. The van der Waals surface area contributed by atoms with Crippen LogP contribution in [-0.2, 0) is 4.74 Å². The highest BCUT2D eigenvalue weighted by atomic mass is 16.5. The lowest BCUT2D eigenvalue weighted by molar-refractivity contribution is 0.0918. The van der Waals surface area contributed by atoms with E-state index in [2.05, 4.69) is 36.3 Å². The molecule has 1 atom stereocenters. The number of nitrogens with zero attached hydrogens (tertiary/aromatic N) is 1. The first-order chi connectivity index (χ1) is 10.2. The van der Waals surface area contributed by atoms with Gasteiger partial charge in [-0.05, 0) is 36.5 Å². The molecule has 4 N–H and O–H groups in total. The second-order valence-electron chi connectivity index (χ2n) is 5.01. The van der Waals surface area contributed by atoms with Crippen LogP contribution in [0.4, 0.5) is 5.69 Å². The molecule has 21 heavy (non-hydrogen) atoms. The van der Waals surface area contributed by atoms with Crippen molar-refractivity contribution in [1.82, 2.24) is 0 Å². The zero-order valence-corrected chi connectivity index (χ0v) is 13.0. The van der Waals surface area contributed by atoms with E-state index in [0.717, 1.165) is 18.5 Å². The quantitative estimate of drug-likeness (QED) is 0.371. The first kappa shape index (κ1) is 17.5. The zero-order chi connectivity index (χ0) is 15.5. The van der Waals surface area contributed by atoms with Crippen LogP contribution in [-0.4, -0.2) is 37.4 Å². The molecule has 0 radical (unpaired) electrons. The monoisotopic (exact) mass is 293 g/mol. The number of nitrogens with two attached hydrogens (primary N) is 1. The largest absolute Gasteiger partial charge is 0.394 e. The van der Waals surface area contributed by atoms with Gasteiger partial charge in [-0.3, -0.25) is 4.99 Å². The van der Waals surface area contributed by atoms with Crippen LogP contribution < -0.4 is 11.1 Å². The lowest BCUT2D eigenvalue weighted by Gasteiger charge is -2.10. The number of anilines is 1. The van der Waals surface area contributed by atoms with Gasteiger partial charge in [0.1, 0.15) is 0 Å². The molecule has 0 bridgehead atoms. The Balaban J connectivity index is 2.34. The van der Waals surface area contributed by atoms with Gasteiger partial charge >= 0.3 is 0 Å². The zero-order valence-electron chi connectivity index (χ0n) is 13.0. The van der Waals surface area contributed by atoms with E-state index in [9.17, 15) is 0 Å². The summed E-state index contributed by atoms with van der Waals surface area (Å²) in [6.45, 7) is 6.03. The van der Waals surface area contributed by atoms with Crippen LogP contribution in [0.25, 0.3) is 0 Å². The molecule has 0 saturated carbocycles. The maximum absolute atomic E-state index is 8.56. The van der Waals surface area contributed by atoms with Crippen molar-refractivity contribution in [2.75, 3.05) is 31.7 Å². The summed E-state index contributed by atoms with van der Waals surface area (Å²) in [6.07, 6.45) is 1.92. The van der Waals surface area contributed by atoms with Crippen LogP contribution in [0.15, 0.2) is 29.3 Å². The lowest BCUT2D eigenvalue weighted by Crippen LogP contribution is -2.23. The number of aliphatic hydroxyl groups is 1. The van der Waals surface area contributed by atoms with Crippen molar-refractivity contribution in [3.8, 4) is 0 Å². The van der Waals surface area contributed by atoms with Gasteiger partial charge in [-0.1, -0.05) is 26.0 Å². The minimum atomic E-state index is 0.0552. The Morgan fingerprint density at radius 2 is 2.05 bits per heavy atom. The predicted octanol–water partition coefficient (Wildman–Crippen LogP) is 2.33. The van der Waals surface area contributed by atoms with Gasteiger partial charge in [-0.2, -0.15) is 0 Å². The van der Waals surface area contributed by atoms with Crippen LogP contribution in [0.2, 0.25) is 0 Å². The van der Waals surface area contributed by atoms with E-state index in [4.69, 9.17) is 15.6 Å². The molecular weight excluding hydrogens is 266 g/mol. The smallest absolute Gasteiger partial charge is 0.193 e. The summed E-state index contributed by atoms with van der Waals surface area (Å²) in [6, 6.07) is 8.28. The molecule has 118 valence electrons. The summed E-state index contributed by atoms with van der Waals surface area (Å²) in [5.41, 5.74) is 8.11. The first-order valence-electron chi connectivity index (χ1n) is 7.52. The summed E-state index contributed by atoms with van der Waals surface area (Å²) >= 11 is 0. The SMILES string of the molecule is CCC(C)c1ccc(NC(N)=NCCCOCCO)cc1. The molecule has 1 rings (SSSR count). The molecule has 5 heteroatoms. The number of guanidine groups is 1. The van der Waals surface area contributed by atoms with Crippen molar-refractivity contribution >= 4 is 11.6 Å². The fourth-order valence-corrected chi connectivity index (χ4v) is 1.85. The Labute approximate surface area is 127 Å². The second kappa shape index (κ2) is 10.2. The predicted molar refractivity (Wildman–Crippen MR) is 87.8 cm³/mol. The third-order valence-corrected chi connectivity index (χ3v) is 3.33. The second-order valence-corrected chi connectivity index (χ2v) is 5.01. The van der Waals surface area contributed by atoms with Gasteiger partial charge in [-0.25, -0.2) is 0 Å². The molecule has 1 aromatic carbocycles. The van der Waals surface area contributed by atoms with E-state index >= 15 is 0 Å². The van der Waals surface area contributed by atoms with Crippen LogP contribution in [0.1, 0.15) is 38.2 Å². The summed E-state index contributed by atoms with van der Waals surface area (Å²) in [5, 5.41) is 11.6. The van der Waals surface area contributed by atoms with E-state index in [1.54, 1.807) is 0 Å². The van der Waals surface area contributed by atoms with E-state index < -0.39 is 0 Å². The summed E-state index contributed by atoms with van der Waals surface area (Å²) in [5.74, 6) is 0.984. The molecule has 1 unspecified atom stereocenters. The molecule has 0 amide bonds. The fraction of sp³-hybridized carbons (Fsp3) is 0.562. The molecule has 0 saturated heterocycles. The Bertz CT molecular complexity index is 418. The van der Waals surface area contributed by atoms with Gasteiger partial charge in [0, 0.05) is 18.8 Å². The molecule has 0 spiro atoms. The van der Waals surface area contributed by atoms with Crippen molar-refractivity contribution < 1.29 is 9.84 Å². The highest BCUT2D eigenvalue weighted by Crippen LogP contribution is 2.20. The van der Waals surface area contributed by atoms with Crippen LogP contribution in [0.5, 0.6) is 0 Å². The van der Waals surface area contributed by atoms with E-state index in [-0.39, 0.29) is 6.61 Å². The van der Waals surface area contributed by atoms with E-state index in [1.165, 1.54) is 5.56 Å². The van der Waals surface area contributed by atoms with Crippen LogP contribution in [0.3, 0.4) is 0 Å². The minimum absolute atomic E-state index is 0.0552. The molecule has 0 heterocycles. The number of hydrogen-bond donors (Lipinski definition) is 3. The minimum Gasteiger partial charge on any atom is -0.394 e. The molecule has 5 nitrogen and oxygen atoms in total. The Morgan fingerprint density at radius 3 is 2.67 bits per heavy atom. The van der Waals surface area contributed by atoms with E-state index in [0.29, 0.717) is 31.6 Å². The average molecular weight is 293 g/mol. The van der Waals surface area contributed by atoms with Crippen molar-refractivity contribution in [2.45, 2.75) is 32.6 Å². The highest BCUT2D eigenvalue weighted by molar-refractivity contribution is 5.92. The Morgan fingerprint density at radius 1 is 1.33 bits per heavy atom. The van der Waals surface area contributed by atoms with Crippen molar-refractivity contribution in [3.05, 3.63) is 29.8 Å². The van der Waals surface area contributed by atoms with Gasteiger partial charge < -0.3 is 20.9 Å². The summed E-state index contributed by atoms with van der Waals surface area (Å²) < 4.78 is 5.15. The normalized spacial score (nSPS) is 13.2. The van der Waals surface area contributed by atoms with E-state index in [1.807, 2.05) is 12.1 Å². The van der Waals surface area contributed by atoms with Gasteiger partial charge in [0.15, 0.2) is 5.96 Å². The molecule has 0 aliphatic carbocycles. The maximum atomic E-state index is 8.56. The highest BCUT2D eigenvalue weighted by Gasteiger charge is 2.02. The molecule has 0 aromatic heterocycles. The molecule has 0 aliphatic heterocycles. The van der Waals surface area contributed by atoms with Crippen molar-refractivity contribution in [1.29, 1.82) is 0 Å². The van der Waals surface area contributed by atoms with Gasteiger partial charge in [0.2, 0.25) is 0 Å². The number of aliphatic imine (C=N–C) groups is 1. The Kier molecular flexibility index (Phi) is 8.47. The molecule has 1 aromatic rings. The molecule has 0 fully saturated rings. The van der Waals surface area contributed by atoms with Gasteiger partial charge in [0.25, 0.3) is 0 Å². The summed E-state index contributed by atoms with van der Waals surface area (Å²) in [7, 11) is 0. The fourth-order valence-electron chi connectivity index (χ4n) is 1.85. The number of rotatable bonds is 9. The number of ether oxygens (including phenoxy) is 1. The topological polar surface area (TPSA) is 79.9 Å². The number of hydrogen-bond acceptors (Lipinski definition) is 3. The Hall–Kier alpha value is -1.59. The number of nitrogens with one attached hydrogen (secondary N) is 1. The van der Waals surface area contributed by atoms with Crippen LogP contribution >= 0.6 is 0 Å². The van der Waals surface area contributed by atoms with Crippen LogP contribution in [0, 0.1) is 0 Å². The standard InChI is InChI=1S/C16H27N3O2/c1-3-13(2)14-5-7-15(8-6-14)19-16(17)18-9-4-11-21-12-10-20/h5-8,13,20H,3-4,9-12H2,1-2H3,(H3,17,18,19). The molecule has 0 aliphatic rings. The average Bonchev–Trinajstić information content (AvgIpc) is 2.50. The third-order valence-electron chi connectivity index (χ3n) is 3.33. The van der Waals surface area contributed by atoms with Crippen molar-refractivity contribution in [2.24, 2.45) is 10.7 Å². The van der Waals surface area contributed by atoms with Gasteiger partial charge in [0.05, 0.1) is 13.2 Å².